The van der Waals surface area contributed by atoms with Crippen molar-refractivity contribution in [3.63, 3.8) is 0 Å². The van der Waals surface area contributed by atoms with Crippen LogP contribution in [0.25, 0.3) is 5.52 Å². The first-order valence-corrected chi connectivity index (χ1v) is 11.5. The largest absolute Gasteiger partial charge is 0.396 e. The van der Waals surface area contributed by atoms with Crippen LogP contribution in [0.3, 0.4) is 0 Å². The molecule has 11 heteroatoms. The van der Waals surface area contributed by atoms with Gasteiger partial charge in [0.25, 0.3) is 0 Å². The lowest BCUT2D eigenvalue weighted by Gasteiger charge is -2.16. The van der Waals surface area contributed by atoms with Crippen molar-refractivity contribution in [3.8, 4) is 0 Å². The fourth-order valence-electron chi connectivity index (χ4n) is 3.24. The van der Waals surface area contributed by atoms with Crippen molar-refractivity contribution in [2.75, 3.05) is 25.6 Å². The molecule has 1 aromatic carbocycles. The highest BCUT2D eigenvalue weighted by Crippen LogP contribution is 2.37. The Morgan fingerprint density at radius 2 is 1.94 bits per heavy atom. The van der Waals surface area contributed by atoms with Gasteiger partial charge in [-0.15, -0.1) is 0 Å². The maximum atomic E-state index is 9.61. The third-order valence-corrected chi connectivity index (χ3v) is 5.62. The summed E-state index contributed by atoms with van der Waals surface area (Å²) >= 11 is 0. The van der Waals surface area contributed by atoms with Crippen LogP contribution in [0.5, 0.6) is 0 Å². The summed E-state index contributed by atoms with van der Waals surface area (Å²) in [5.41, 5.74) is 8.48. The average molecular weight is 464 g/mol. The van der Waals surface area contributed by atoms with Crippen LogP contribution >= 0.6 is 8.60 Å². The molecule has 174 valence electrons. The molecule has 32 heavy (non-hydrogen) atoms. The number of nitrogens with two attached hydrogens (primary N) is 1. The summed E-state index contributed by atoms with van der Waals surface area (Å²) in [6.45, 7) is 0.694. The highest BCUT2D eigenvalue weighted by molar-refractivity contribution is 7.40. The molecule has 0 radical (unpaired) electrons. The van der Waals surface area contributed by atoms with Crippen molar-refractivity contribution in [3.05, 3.63) is 60.0 Å². The lowest BCUT2D eigenvalue weighted by molar-refractivity contribution is 0.0102. The van der Waals surface area contributed by atoms with E-state index < -0.39 is 8.60 Å². The van der Waals surface area contributed by atoms with E-state index in [0.29, 0.717) is 12.2 Å². The van der Waals surface area contributed by atoms with E-state index in [1.807, 2.05) is 42.5 Å². The van der Waals surface area contributed by atoms with Gasteiger partial charge in [0.2, 0.25) is 0 Å². The zero-order chi connectivity index (χ0) is 22.8. The first-order valence-electron chi connectivity index (χ1n) is 10.4. The van der Waals surface area contributed by atoms with Crippen LogP contribution in [0.1, 0.15) is 36.6 Å². The molecule has 2 aromatic heterocycles. The van der Waals surface area contributed by atoms with Gasteiger partial charge in [0.15, 0.2) is 5.82 Å². The lowest BCUT2D eigenvalue weighted by Crippen LogP contribution is -2.14. The fourth-order valence-corrected chi connectivity index (χ4v) is 3.89. The van der Waals surface area contributed by atoms with Gasteiger partial charge in [-0.05, 0) is 37.0 Å². The number of rotatable bonds is 9. The zero-order valence-electron chi connectivity index (χ0n) is 17.7. The maximum Gasteiger partial charge on any atom is 0.329 e. The van der Waals surface area contributed by atoms with Gasteiger partial charge in [-0.2, -0.15) is 5.10 Å². The van der Waals surface area contributed by atoms with Gasteiger partial charge >= 0.3 is 8.60 Å². The quantitative estimate of drug-likeness (QED) is 0.277. The minimum atomic E-state index is -1.93. The molecule has 5 N–H and O–H groups in total. The predicted molar refractivity (Wildman–Crippen MR) is 119 cm³/mol. The number of hydrogen-bond donors (Lipinski definition) is 4. The molecule has 0 bridgehead atoms. The first kappa shape index (κ1) is 24.5. The monoisotopic (exact) mass is 464 g/mol. The second kappa shape index (κ2) is 12.8. The SMILES string of the molecule is Nc1ncnn2c(C3CCC(COP(O)OCCCO)O3)ccc12.OCc1ccccc1. The van der Waals surface area contributed by atoms with Crippen LogP contribution < -0.4 is 5.73 Å². The predicted octanol–water partition coefficient (Wildman–Crippen LogP) is 2.35. The van der Waals surface area contributed by atoms with Crippen LogP contribution in [0.4, 0.5) is 5.82 Å². The molecule has 0 amide bonds. The Bertz CT molecular complexity index is 944. The van der Waals surface area contributed by atoms with Crippen molar-refractivity contribution in [1.29, 1.82) is 0 Å². The number of aliphatic hydroxyl groups excluding tert-OH is 2. The Kier molecular flexibility index (Phi) is 9.76. The van der Waals surface area contributed by atoms with E-state index in [4.69, 9.17) is 29.7 Å². The molecule has 3 heterocycles. The van der Waals surface area contributed by atoms with E-state index in [9.17, 15) is 4.89 Å². The molecule has 10 nitrogen and oxygen atoms in total. The van der Waals surface area contributed by atoms with E-state index in [1.54, 1.807) is 4.52 Å². The van der Waals surface area contributed by atoms with Gasteiger partial charge in [0.1, 0.15) is 17.9 Å². The lowest BCUT2D eigenvalue weighted by atomic mass is 10.1. The Morgan fingerprint density at radius 3 is 2.66 bits per heavy atom. The number of fused-ring (bicyclic) bond motifs is 1. The van der Waals surface area contributed by atoms with E-state index >= 15 is 0 Å². The summed E-state index contributed by atoms with van der Waals surface area (Å²) in [4.78, 5) is 13.6. The second-order valence-corrected chi connectivity index (χ2v) is 8.10. The van der Waals surface area contributed by atoms with Gasteiger partial charge in [-0.3, -0.25) is 0 Å². The van der Waals surface area contributed by atoms with Gasteiger partial charge in [-0.25, -0.2) is 9.50 Å². The van der Waals surface area contributed by atoms with Crippen molar-refractivity contribution in [1.82, 2.24) is 14.6 Å². The van der Waals surface area contributed by atoms with Crippen molar-refractivity contribution >= 4 is 19.9 Å². The van der Waals surface area contributed by atoms with E-state index in [2.05, 4.69) is 10.1 Å². The molecule has 1 aliphatic heterocycles. The van der Waals surface area contributed by atoms with Crippen molar-refractivity contribution in [2.24, 2.45) is 0 Å². The third kappa shape index (κ3) is 6.91. The molecule has 0 spiro atoms. The van der Waals surface area contributed by atoms with Crippen LogP contribution in [0.15, 0.2) is 48.8 Å². The zero-order valence-corrected chi connectivity index (χ0v) is 18.6. The minimum absolute atomic E-state index is 0.0237. The van der Waals surface area contributed by atoms with E-state index in [-0.39, 0.29) is 38.6 Å². The fraction of sp³-hybridized carbons (Fsp3) is 0.429. The van der Waals surface area contributed by atoms with Gasteiger partial charge in [-0.1, -0.05) is 30.3 Å². The molecule has 0 saturated carbocycles. The van der Waals surface area contributed by atoms with Crippen LogP contribution in [-0.2, 0) is 20.4 Å². The molecule has 1 aliphatic rings. The average Bonchev–Trinajstić information content (AvgIpc) is 3.46. The number of nitrogen functional groups attached to an aromatic ring is 1. The molecule has 4 rings (SSSR count). The Balaban J connectivity index is 0.000000305. The normalized spacial score (nSPS) is 19.0. The molecule has 3 aromatic rings. The topological polar surface area (TPSA) is 145 Å². The highest BCUT2D eigenvalue weighted by atomic mass is 31.2. The van der Waals surface area contributed by atoms with E-state index in [0.717, 1.165) is 29.6 Å². The number of hydrogen-bond acceptors (Lipinski definition) is 9. The molecule has 1 saturated heterocycles. The summed E-state index contributed by atoms with van der Waals surface area (Å²) in [5, 5.41) is 21.4. The van der Waals surface area contributed by atoms with E-state index in [1.165, 1.54) is 6.33 Å². The summed E-state index contributed by atoms with van der Waals surface area (Å²) in [6.07, 6.45) is 3.33. The van der Waals surface area contributed by atoms with Crippen molar-refractivity contribution in [2.45, 2.75) is 38.1 Å². The van der Waals surface area contributed by atoms with Crippen LogP contribution in [0, 0.1) is 0 Å². The summed E-state index contributed by atoms with van der Waals surface area (Å²) in [6, 6.07) is 13.3. The number of aliphatic hydroxyl groups is 2. The van der Waals surface area contributed by atoms with Crippen LogP contribution in [-0.4, -0.2) is 55.6 Å². The standard InChI is InChI=1S/C14H21N4O5P.C7H8O/c15-14-12-4-3-11(18(12)17-9-16-14)13-5-2-10(23-13)8-22-24(20)21-7-1-6-19;8-6-7-4-2-1-3-5-7/h3-4,9-10,13,19-20H,1-2,5-8H2,(H2,15,16,17);1-5,8H,6H2. The summed E-state index contributed by atoms with van der Waals surface area (Å²) in [5.74, 6) is 0.431. The van der Waals surface area contributed by atoms with Gasteiger partial charge in [0.05, 0.1) is 31.6 Å². The Hall–Kier alpha value is -2.17. The molecule has 3 atom stereocenters. The summed E-state index contributed by atoms with van der Waals surface area (Å²) in [7, 11) is -1.93. The third-order valence-electron chi connectivity index (χ3n) is 4.85. The number of ether oxygens (including phenoxy) is 1. The Labute approximate surface area is 187 Å². The maximum absolute atomic E-state index is 9.61. The van der Waals surface area contributed by atoms with Gasteiger partial charge in [0, 0.05) is 6.61 Å². The number of anilines is 1. The van der Waals surface area contributed by atoms with Crippen LogP contribution in [0.2, 0.25) is 0 Å². The summed E-state index contributed by atoms with van der Waals surface area (Å²) < 4.78 is 18.1. The molecular weight excluding hydrogens is 435 g/mol. The van der Waals surface area contributed by atoms with Crippen molar-refractivity contribution < 1.29 is 28.9 Å². The number of benzene rings is 1. The number of nitrogens with zero attached hydrogens (tertiary/aromatic N) is 3. The first-order chi connectivity index (χ1) is 15.6. The van der Waals surface area contributed by atoms with Gasteiger partial charge < -0.3 is 34.6 Å². The molecule has 0 aliphatic carbocycles. The smallest absolute Gasteiger partial charge is 0.329 e. The number of aromatic nitrogens is 3. The second-order valence-electron chi connectivity index (χ2n) is 7.11. The molecular formula is C21H29N4O6P. The highest BCUT2D eigenvalue weighted by Gasteiger charge is 2.29. The minimum Gasteiger partial charge on any atom is -0.396 e. The molecule has 3 unspecified atom stereocenters. The molecule has 1 fully saturated rings. The Morgan fingerprint density at radius 1 is 1.12 bits per heavy atom.